The van der Waals surface area contributed by atoms with Crippen molar-refractivity contribution in [3.63, 3.8) is 0 Å². The summed E-state index contributed by atoms with van der Waals surface area (Å²) in [5.41, 5.74) is 7.72. The lowest BCUT2D eigenvalue weighted by Crippen LogP contribution is -2.22. The molecular formula is C19H20N6O3. The highest BCUT2D eigenvalue weighted by molar-refractivity contribution is 5.96. The van der Waals surface area contributed by atoms with Crippen LogP contribution in [0.5, 0.6) is 11.6 Å². The Morgan fingerprint density at radius 3 is 2.64 bits per heavy atom. The van der Waals surface area contributed by atoms with Crippen molar-refractivity contribution in [2.45, 2.75) is 0 Å². The predicted molar refractivity (Wildman–Crippen MR) is 106 cm³/mol. The lowest BCUT2D eigenvalue weighted by atomic mass is 10.1. The number of anilines is 3. The number of aromatic hydroxyl groups is 1. The maximum atomic E-state index is 12.2. The number of carbonyl (C=O) groups is 1. The van der Waals surface area contributed by atoms with E-state index in [1.807, 2.05) is 0 Å². The number of nitrogens with one attached hydrogen (secondary N) is 1. The van der Waals surface area contributed by atoms with Gasteiger partial charge in [0, 0.05) is 25.9 Å². The van der Waals surface area contributed by atoms with Gasteiger partial charge in [-0.2, -0.15) is 4.98 Å². The van der Waals surface area contributed by atoms with Gasteiger partial charge in [0.15, 0.2) is 0 Å². The van der Waals surface area contributed by atoms with Crippen molar-refractivity contribution in [3.05, 3.63) is 48.2 Å². The number of ether oxygens (including phenoxy) is 1. The van der Waals surface area contributed by atoms with E-state index < -0.39 is 0 Å². The van der Waals surface area contributed by atoms with E-state index in [0.717, 1.165) is 5.56 Å². The minimum atomic E-state index is -0.209. The second-order valence-electron chi connectivity index (χ2n) is 6.12. The summed E-state index contributed by atoms with van der Waals surface area (Å²) in [6, 6.07) is 9.84. The number of hydrogen-bond acceptors (Lipinski definition) is 8. The molecular weight excluding hydrogens is 360 g/mol. The van der Waals surface area contributed by atoms with Gasteiger partial charge < -0.3 is 25.8 Å². The molecule has 9 heteroatoms. The molecule has 0 unspecified atom stereocenters. The zero-order valence-corrected chi connectivity index (χ0v) is 15.7. The molecule has 9 nitrogen and oxygen atoms in total. The number of methoxy groups -OCH3 is 1. The first-order valence-corrected chi connectivity index (χ1v) is 8.34. The molecule has 0 radical (unpaired) electrons. The average molecular weight is 380 g/mol. The summed E-state index contributed by atoms with van der Waals surface area (Å²) in [5.74, 6) is 0.741. The fourth-order valence-corrected chi connectivity index (χ4v) is 2.48. The molecule has 0 aliphatic carbocycles. The van der Waals surface area contributed by atoms with Crippen molar-refractivity contribution in [2.75, 3.05) is 32.3 Å². The smallest absolute Gasteiger partial charge is 0.258 e. The highest BCUT2D eigenvalue weighted by Crippen LogP contribution is 2.27. The van der Waals surface area contributed by atoms with Crippen LogP contribution in [0.4, 0.5) is 17.5 Å². The zero-order chi connectivity index (χ0) is 20.3. The first-order chi connectivity index (χ1) is 13.4. The van der Waals surface area contributed by atoms with Crippen LogP contribution in [0.25, 0.3) is 11.3 Å². The minimum Gasteiger partial charge on any atom is -0.506 e. The number of nitrogens with two attached hydrogens (primary N) is 1. The molecule has 2 heterocycles. The van der Waals surface area contributed by atoms with E-state index >= 15 is 0 Å². The number of carbonyl (C=O) groups excluding carboxylic acids is 1. The molecule has 1 amide bonds. The van der Waals surface area contributed by atoms with Gasteiger partial charge in [0.25, 0.3) is 5.91 Å². The molecule has 3 aromatic rings. The number of phenolic OH excluding ortho intramolecular Hbond substituents is 1. The summed E-state index contributed by atoms with van der Waals surface area (Å²) < 4.78 is 5.24. The van der Waals surface area contributed by atoms with Gasteiger partial charge in [-0.25, -0.2) is 9.97 Å². The van der Waals surface area contributed by atoms with Crippen LogP contribution in [-0.2, 0) is 0 Å². The Bertz CT molecular complexity index is 1020. The molecule has 144 valence electrons. The SMILES string of the molecule is COc1nc(Nc2nccc(-c3ccc(O)c(N)c3)n2)ccc1C(=O)N(C)C. The summed E-state index contributed by atoms with van der Waals surface area (Å²) in [5, 5.41) is 12.6. The Labute approximate surface area is 161 Å². The van der Waals surface area contributed by atoms with E-state index in [1.165, 1.54) is 18.1 Å². The number of benzene rings is 1. The van der Waals surface area contributed by atoms with Crippen molar-refractivity contribution in [2.24, 2.45) is 0 Å². The Kier molecular flexibility index (Phi) is 5.25. The zero-order valence-electron chi connectivity index (χ0n) is 15.7. The topological polar surface area (TPSA) is 126 Å². The van der Waals surface area contributed by atoms with Gasteiger partial charge in [-0.15, -0.1) is 0 Å². The number of nitrogens with zero attached hydrogens (tertiary/aromatic N) is 4. The Hall–Kier alpha value is -3.88. The standard InChI is InChI=1S/C19H20N6O3/c1-25(2)18(27)12-5-7-16(23-17(12)28-3)24-19-21-9-8-14(22-19)11-4-6-15(26)13(20)10-11/h4-10,26H,20H2,1-3H3,(H,21,22,23,24). The molecule has 1 aromatic carbocycles. The van der Waals surface area contributed by atoms with Crippen LogP contribution in [0.1, 0.15) is 10.4 Å². The van der Waals surface area contributed by atoms with E-state index in [4.69, 9.17) is 10.5 Å². The molecule has 3 rings (SSSR count). The van der Waals surface area contributed by atoms with Crippen LogP contribution < -0.4 is 15.8 Å². The number of pyridine rings is 1. The van der Waals surface area contributed by atoms with E-state index in [1.54, 1.807) is 50.6 Å². The molecule has 28 heavy (non-hydrogen) atoms. The highest BCUT2D eigenvalue weighted by Gasteiger charge is 2.16. The largest absolute Gasteiger partial charge is 0.506 e. The number of rotatable bonds is 5. The molecule has 0 saturated carbocycles. The lowest BCUT2D eigenvalue weighted by molar-refractivity contribution is 0.0823. The quantitative estimate of drug-likeness (QED) is 0.454. The number of amides is 1. The van der Waals surface area contributed by atoms with Gasteiger partial charge in [-0.05, 0) is 36.4 Å². The van der Waals surface area contributed by atoms with Gasteiger partial charge in [0.2, 0.25) is 11.8 Å². The monoisotopic (exact) mass is 380 g/mol. The average Bonchev–Trinajstić information content (AvgIpc) is 2.69. The maximum absolute atomic E-state index is 12.2. The van der Waals surface area contributed by atoms with Crippen molar-refractivity contribution in [3.8, 4) is 22.9 Å². The van der Waals surface area contributed by atoms with Crippen molar-refractivity contribution in [1.29, 1.82) is 0 Å². The van der Waals surface area contributed by atoms with E-state index in [9.17, 15) is 9.90 Å². The van der Waals surface area contributed by atoms with Crippen LogP contribution in [0, 0.1) is 0 Å². The summed E-state index contributed by atoms with van der Waals surface area (Å²) in [6.07, 6.45) is 1.59. The van der Waals surface area contributed by atoms with E-state index in [2.05, 4.69) is 20.3 Å². The first kappa shape index (κ1) is 18.9. The Morgan fingerprint density at radius 1 is 1.18 bits per heavy atom. The third-order valence-corrected chi connectivity index (χ3v) is 3.91. The lowest BCUT2D eigenvalue weighted by Gasteiger charge is -2.14. The van der Waals surface area contributed by atoms with E-state index in [0.29, 0.717) is 23.0 Å². The van der Waals surface area contributed by atoms with Gasteiger partial charge in [0.05, 0.1) is 18.5 Å². The van der Waals surface area contributed by atoms with Crippen molar-refractivity contribution in [1.82, 2.24) is 19.9 Å². The van der Waals surface area contributed by atoms with Crippen molar-refractivity contribution >= 4 is 23.4 Å². The molecule has 0 aliphatic heterocycles. The van der Waals surface area contributed by atoms with Crippen molar-refractivity contribution < 1.29 is 14.6 Å². The van der Waals surface area contributed by atoms with Crippen LogP contribution in [0.2, 0.25) is 0 Å². The molecule has 0 saturated heterocycles. The molecule has 2 aromatic heterocycles. The maximum Gasteiger partial charge on any atom is 0.258 e. The first-order valence-electron chi connectivity index (χ1n) is 8.34. The van der Waals surface area contributed by atoms with Crippen LogP contribution in [0.15, 0.2) is 42.6 Å². The predicted octanol–water partition coefficient (Wildman–Crippen LogP) is 2.28. The summed E-state index contributed by atoms with van der Waals surface area (Å²) in [6.45, 7) is 0. The molecule has 0 aliphatic rings. The van der Waals surface area contributed by atoms with Crippen LogP contribution >= 0.6 is 0 Å². The van der Waals surface area contributed by atoms with Gasteiger partial charge in [-0.1, -0.05) is 0 Å². The fourth-order valence-electron chi connectivity index (χ4n) is 2.48. The molecule has 0 fully saturated rings. The van der Waals surface area contributed by atoms with Gasteiger partial charge in [0.1, 0.15) is 17.1 Å². The molecule has 4 N–H and O–H groups in total. The second kappa shape index (κ2) is 7.78. The second-order valence-corrected chi connectivity index (χ2v) is 6.12. The summed E-state index contributed by atoms with van der Waals surface area (Å²) in [7, 11) is 4.76. The fraction of sp³-hybridized carbons (Fsp3) is 0.158. The molecule has 0 atom stereocenters. The van der Waals surface area contributed by atoms with Crippen LogP contribution in [-0.4, -0.2) is 52.1 Å². The van der Waals surface area contributed by atoms with Gasteiger partial charge >= 0.3 is 0 Å². The summed E-state index contributed by atoms with van der Waals surface area (Å²) >= 11 is 0. The summed E-state index contributed by atoms with van der Waals surface area (Å²) in [4.78, 5) is 26.5. The van der Waals surface area contributed by atoms with E-state index in [-0.39, 0.29) is 23.2 Å². The number of nitrogen functional groups attached to an aromatic ring is 1. The Balaban J connectivity index is 1.88. The minimum absolute atomic E-state index is 0.0137. The van der Waals surface area contributed by atoms with Gasteiger partial charge in [-0.3, -0.25) is 4.79 Å². The number of aromatic nitrogens is 3. The Morgan fingerprint density at radius 2 is 1.96 bits per heavy atom. The third kappa shape index (κ3) is 3.93. The third-order valence-electron chi connectivity index (χ3n) is 3.91. The normalized spacial score (nSPS) is 10.4. The highest BCUT2D eigenvalue weighted by atomic mass is 16.5. The number of hydrogen-bond donors (Lipinski definition) is 3. The molecule has 0 spiro atoms. The molecule has 0 bridgehead atoms. The van der Waals surface area contributed by atoms with Crippen LogP contribution in [0.3, 0.4) is 0 Å². The number of phenols is 1.